The summed E-state index contributed by atoms with van der Waals surface area (Å²) in [5, 5.41) is 13.5. The van der Waals surface area contributed by atoms with Crippen LogP contribution >= 0.6 is 0 Å². The van der Waals surface area contributed by atoms with Crippen molar-refractivity contribution in [1.82, 2.24) is 26.6 Å². The molecule has 14 nitrogen and oxygen atoms in total. The van der Waals surface area contributed by atoms with Crippen molar-refractivity contribution >= 4 is 41.4 Å². The largest absolute Gasteiger partial charge is 0.444 e. The Kier molecular flexibility index (Phi) is 18.9. The minimum Gasteiger partial charge on any atom is -0.444 e. The summed E-state index contributed by atoms with van der Waals surface area (Å²) in [7, 11) is 0. The lowest BCUT2D eigenvalue weighted by Crippen LogP contribution is -2.57. The van der Waals surface area contributed by atoms with E-state index in [1.54, 1.807) is 81.4 Å². The van der Waals surface area contributed by atoms with Gasteiger partial charge in [-0.3, -0.25) is 28.8 Å². The van der Waals surface area contributed by atoms with Crippen LogP contribution in [0.1, 0.15) is 84.4 Å². The van der Waals surface area contributed by atoms with E-state index in [0.29, 0.717) is 0 Å². The highest BCUT2D eigenvalue weighted by molar-refractivity contribution is 6.03. The predicted molar refractivity (Wildman–Crippen MR) is 229 cm³/mol. The Morgan fingerprint density at radius 1 is 0.517 bits per heavy atom. The Balaban J connectivity index is 1.80. The first-order valence-electron chi connectivity index (χ1n) is 20.4. The minimum absolute atomic E-state index is 0.0470. The number of primary amides is 1. The van der Waals surface area contributed by atoms with Gasteiger partial charge in [0.25, 0.3) is 0 Å². The van der Waals surface area contributed by atoms with Crippen molar-refractivity contribution in [3.63, 3.8) is 0 Å². The Morgan fingerprint density at radius 3 is 1.30 bits per heavy atom. The summed E-state index contributed by atoms with van der Waals surface area (Å²) in [6.45, 7) is 12.6. The van der Waals surface area contributed by atoms with Gasteiger partial charge < -0.3 is 37.1 Å². The zero-order valence-electron chi connectivity index (χ0n) is 35.8. The molecule has 0 aliphatic heterocycles. The molecule has 60 heavy (non-hydrogen) atoms. The predicted octanol–water partition coefficient (Wildman–Crippen LogP) is 4.08. The maximum atomic E-state index is 14.2. The molecule has 0 aliphatic rings. The number of hydrogen-bond acceptors (Lipinski definition) is 8. The molecular formula is C46H62N6O8. The van der Waals surface area contributed by atoms with Gasteiger partial charge in [-0.15, -0.1) is 0 Å². The SMILES string of the molecule is CC(C)C[C@H](NC(=O)[C@H](Cc1ccccc1)NC(=O)[C@H](Cc1ccccc1)NC(=O)OC(C)(C)C)C(=O)CC(=O)N[C@@H](CC(C)C)C(=O)N[C@@H](Cc1ccccc1)C(N)=O. The summed E-state index contributed by atoms with van der Waals surface area (Å²) in [4.78, 5) is 94.1. The zero-order valence-corrected chi connectivity index (χ0v) is 35.8. The van der Waals surface area contributed by atoms with Crippen LogP contribution in [0.25, 0.3) is 0 Å². The molecule has 3 rings (SSSR count). The first kappa shape index (κ1) is 48.3. The molecule has 0 spiro atoms. The van der Waals surface area contributed by atoms with Gasteiger partial charge in [0.1, 0.15) is 29.8 Å². The fourth-order valence-corrected chi connectivity index (χ4v) is 6.43. The van der Waals surface area contributed by atoms with E-state index in [9.17, 15) is 33.6 Å². The van der Waals surface area contributed by atoms with Gasteiger partial charge in [0, 0.05) is 19.3 Å². The lowest BCUT2D eigenvalue weighted by Gasteiger charge is -2.27. The third kappa shape index (κ3) is 17.8. The van der Waals surface area contributed by atoms with Gasteiger partial charge in [0.05, 0.1) is 12.5 Å². The molecule has 0 fully saturated rings. The van der Waals surface area contributed by atoms with Crippen LogP contribution in [0.2, 0.25) is 0 Å². The van der Waals surface area contributed by atoms with E-state index >= 15 is 0 Å². The summed E-state index contributed by atoms with van der Waals surface area (Å²) in [5.41, 5.74) is 7.05. The number of alkyl carbamates (subject to hydrolysis) is 1. The maximum Gasteiger partial charge on any atom is 0.408 e. The summed E-state index contributed by atoms with van der Waals surface area (Å²) < 4.78 is 5.44. The monoisotopic (exact) mass is 826 g/mol. The van der Waals surface area contributed by atoms with Crippen molar-refractivity contribution < 1.29 is 38.3 Å². The van der Waals surface area contributed by atoms with Gasteiger partial charge >= 0.3 is 6.09 Å². The molecule has 6 amide bonds. The normalized spacial score (nSPS) is 13.8. The van der Waals surface area contributed by atoms with Crippen LogP contribution < -0.4 is 32.3 Å². The number of benzene rings is 3. The van der Waals surface area contributed by atoms with E-state index in [-0.39, 0.29) is 43.9 Å². The number of hydrogen-bond donors (Lipinski definition) is 6. The first-order chi connectivity index (χ1) is 28.3. The van der Waals surface area contributed by atoms with Crippen LogP contribution in [0.5, 0.6) is 0 Å². The molecule has 0 unspecified atom stereocenters. The van der Waals surface area contributed by atoms with Crippen molar-refractivity contribution in [2.24, 2.45) is 17.6 Å². The first-order valence-corrected chi connectivity index (χ1v) is 20.4. The second kappa shape index (κ2) is 23.5. The lowest BCUT2D eigenvalue weighted by molar-refractivity contribution is -0.135. The van der Waals surface area contributed by atoms with Crippen LogP contribution in [0.4, 0.5) is 4.79 Å². The second-order valence-corrected chi connectivity index (χ2v) is 16.9. The highest BCUT2D eigenvalue weighted by Gasteiger charge is 2.33. The number of ketones is 1. The van der Waals surface area contributed by atoms with Crippen LogP contribution in [0.15, 0.2) is 91.0 Å². The number of amides is 6. The fraction of sp³-hybridized carbons (Fsp3) is 0.457. The highest BCUT2D eigenvalue weighted by Crippen LogP contribution is 2.14. The molecule has 7 N–H and O–H groups in total. The van der Waals surface area contributed by atoms with Gasteiger partial charge in [0.2, 0.25) is 29.5 Å². The van der Waals surface area contributed by atoms with Gasteiger partial charge in [-0.2, -0.15) is 0 Å². The average Bonchev–Trinajstić information content (AvgIpc) is 3.16. The third-order valence-electron chi connectivity index (χ3n) is 9.25. The van der Waals surface area contributed by atoms with E-state index in [0.717, 1.165) is 16.7 Å². The van der Waals surface area contributed by atoms with Gasteiger partial charge in [-0.1, -0.05) is 119 Å². The van der Waals surface area contributed by atoms with Crippen molar-refractivity contribution in [1.29, 1.82) is 0 Å². The van der Waals surface area contributed by atoms with Crippen LogP contribution in [0.3, 0.4) is 0 Å². The molecule has 0 radical (unpaired) electrons. The lowest BCUT2D eigenvalue weighted by atomic mass is 9.96. The quantitative estimate of drug-likeness (QED) is 0.0810. The summed E-state index contributed by atoms with van der Waals surface area (Å²) in [6.07, 6.45) is -0.775. The number of ether oxygens (including phenoxy) is 1. The molecule has 0 aromatic heterocycles. The molecule has 0 bridgehead atoms. The van der Waals surface area contributed by atoms with Crippen molar-refractivity contribution in [3.05, 3.63) is 108 Å². The molecule has 5 atom stereocenters. The van der Waals surface area contributed by atoms with Crippen LogP contribution in [-0.2, 0) is 52.8 Å². The van der Waals surface area contributed by atoms with Crippen molar-refractivity contribution in [3.8, 4) is 0 Å². The van der Waals surface area contributed by atoms with Gasteiger partial charge in [0.15, 0.2) is 5.78 Å². The standard InChI is InChI=1S/C46H62N6O8/c1-29(2)23-34(39(53)28-40(54)48-36(24-30(3)4)42(56)50-35(41(47)55)25-31-17-11-8-12-18-31)49-43(57)37(26-32-19-13-9-14-20-32)51-44(58)38(27-33-21-15-10-16-22-33)52-45(59)60-46(5,6)7/h8-22,29-30,34-38H,23-28H2,1-7H3,(H2,47,55)(H,48,54)(H,49,57)(H,50,56)(H,51,58)(H,52,59)/t34-,35-,36-,37-,38-/m0/s1. The Hall–Kier alpha value is -6.05. The molecule has 0 aliphatic carbocycles. The van der Waals surface area contributed by atoms with E-state index in [4.69, 9.17) is 10.5 Å². The summed E-state index contributed by atoms with van der Waals surface area (Å²) >= 11 is 0. The number of carbonyl (C=O) groups is 7. The Bertz CT molecular complexity index is 1880. The van der Waals surface area contributed by atoms with Crippen molar-refractivity contribution in [2.75, 3.05) is 0 Å². The Labute approximate surface area is 353 Å². The number of rotatable bonds is 22. The van der Waals surface area contributed by atoms with Gasteiger partial charge in [-0.05, 0) is 62.1 Å². The maximum absolute atomic E-state index is 14.2. The molecule has 0 saturated carbocycles. The summed E-state index contributed by atoms with van der Waals surface area (Å²) in [6, 6.07) is 21.5. The molecular weight excluding hydrogens is 765 g/mol. The van der Waals surface area contributed by atoms with E-state index in [2.05, 4.69) is 26.6 Å². The second-order valence-electron chi connectivity index (χ2n) is 16.9. The third-order valence-corrected chi connectivity index (χ3v) is 9.25. The fourth-order valence-electron chi connectivity index (χ4n) is 6.43. The molecule has 0 heterocycles. The minimum atomic E-state index is -1.19. The van der Waals surface area contributed by atoms with E-state index in [1.807, 2.05) is 58.0 Å². The van der Waals surface area contributed by atoms with Gasteiger partial charge in [-0.25, -0.2) is 4.79 Å². The topological polar surface area (TPSA) is 215 Å². The molecule has 324 valence electrons. The van der Waals surface area contributed by atoms with Crippen LogP contribution in [-0.4, -0.2) is 77.2 Å². The smallest absolute Gasteiger partial charge is 0.408 e. The molecule has 3 aromatic carbocycles. The number of nitrogens with one attached hydrogen (secondary N) is 5. The number of Topliss-reactive ketones (excluding diaryl/α,β-unsaturated/α-hetero) is 1. The highest BCUT2D eigenvalue weighted by atomic mass is 16.6. The van der Waals surface area contributed by atoms with E-state index in [1.165, 1.54) is 0 Å². The summed E-state index contributed by atoms with van der Waals surface area (Å²) in [5.74, 6) is -4.16. The van der Waals surface area contributed by atoms with Crippen molar-refractivity contribution in [2.45, 2.75) is 123 Å². The average molecular weight is 827 g/mol. The van der Waals surface area contributed by atoms with E-state index < -0.39 is 83.6 Å². The molecule has 14 heteroatoms. The van der Waals surface area contributed by atoms with Crippen LogP contribution in [0, 0.1) is 11.8 Å². The Morgan fingerprint density at radius 2 is 0.883 bits per heavy atom. The molecule has 0 saturated heterocycles. The number of carbonyl (C=O) groups excluding carboxylic acids is 7. The number of nitrogens with two attached hydrogens (primary N) is 1. The zero-order chi connectivity index (χ0) is 44.4. The molecule has 3 aromatic rings.